The number of allylic oxidation sites excluding steroid dienone is 11. The first-order valence-corrected chi connectivity index (χ1v) is 13.6. The van der Waals surface area contributed by atoms with Crippen LogP contribution in [-0.4, -0.2) is 11.8 Å². The van der Waals surface area contributed by atoms with E-state index in [1.807, 2.05) is 52.8 Å². The van der Waals surface area contributed by atoms with Crippen LogP contribution in [0, 0.1) is 0 Å². The first kappa shape index (κ1) is 33.4. The number of nitrogens with zero attached hydrogens (tertiary/aromatic N) is 1. The molecule has 0 saturated heterocycles. The predicted octanol–water partition coefficient (Wildman–Crippen LogP) is 10.2. The van der Waals surface area contributed by atoms with Gasteiger partial charge in [0.1, 0.15) is 11.9 Å². The van der Waals surface area contributed by atoms with Gasteiger partial charge in [0.2, 0.25) is 0 Å². The highest BCUT2D eigenvalue weighted by atomic mass is 19.1. The van der Waals surface area contributed by atoms with Crippen LogP contribution in [0.4, 0.5) is 4.39 Å². The summed E-state index contributed by atoms with van der Waals surface area (Å²) in [6.07, 6.45) is 20.8. The van der Waals surface area contributed by atoms with E-state index in [1.54, 1.807) is 13.0 Å². The molecule has 0 aromatic heterocycles. The Kier molecular flexibility index (Phi) is 19.1. The van der Waals surface area contributed by atoms with Crippen molar-refractivity contribution in [2.24, 2.45) is 5.10 Å². The van der Waals surface area contributed by atoms with E-state index in [0.717, 1.165) is 79.7 Å². The van der Waals surface area contributed by atoms with Gasteiger partial charge in [-0.25, -0.2) is 4.39 Å². The molecule has 1 N–H and O–H groups in total. The van der Waals surface area contributed by atoms with Crippen LogP contribution in [0.25, 0.3) is 0 Å². The van der Waals surface area contributed by atoms with Crippen LogP contribution in [-0.2, 0) is 4.74 Å². The summed E-state index contributed by atoms with van der Waals surface area (Å²) in [4.78, 5) is 0. The van der Waals surface area contributed by atoms with Crippen LogP contribution in [0.1, 0.15) is 107 Å². The van der Waals surface area contributed by atoms with Crippen molar-refractivity contribution in [3.63, 3.8) is 0 Å². The number of halogens is 1. The lowest BCUT2D eigenvalue weighted by atomic mass is 10.0. The maximum Gasteiger partial charge on any atom is 0.126 e. The Morgan fingerprint density at radius 2 is 1.75 bits per heavy atom. The van der Waals surface area contributed by atoms with E-state index in [0.29, 0.717) is 5.57 Å². The number of hydrazone groups is 1. The fourth-order valence-corrected chi connectivity index (χ4v) is 3.67. The molecule has 4 heteroatoms. The number of unbranched alkanes of at least 4 members (excludes halogenated alkanes) is 1. The summed E-state index contributed by atoms with van der Waals surface area (Å²) in [5.74, 6) is 0.532. The number of hydrogen-bond acceptors (Lipinski definition) is 3. The Bertz CT molecular complexity index is 869. The minimum absolute atomic E-state index is 0.195. The van der Waals surface area contributed by atoms with Gasteiger partial charge in [-0.05, 0) is 89.5 Å². The molecule has 0 aromatic rings. The van der Waals surface area contributed by atoms with E-state index in [1.165, 1.54) is 0 Å². The third-order valence-corrected chi connectivity index (χ3v) is 5.77. The first-order valence-electron chi connectivity index (χ1n) is 13.6. The molecular weight excluding hydrogens is 447 g/mol. The molecule has 3 nitrogen and oxygen atoms in total. The molecule has 0 bridgehead atoms. The van der Waals surface area contributed by atoms with Gasteiger partial charge in [-0.15, -0.1) is 0 Å². The van der Waals surface area contributed by atoms with Gasteiger partial charge in [0, 0.05) is 12.1 Å². The number of hydrogen-bond donors (Lipinski definition) is 1. The topological polar surface area (TPSA) is 33.6 Å². The van der Waals surface area contributed by atoms with Crippen molar-refractivity contribution in [2.75, 3.05) is 0 Å². The van der Waals surface area contributed by atoms with Crippen LogP contribution in [0.2, 0.25) is 0 Å². The van der Waals surface area contributed by atoms with Gasteiger partial charge in [-0.1, -0.05) is 76.6 Å². The summed E-state index contributed by atoms with van der Waals surface area (Å²) in [6, 6.07) is 0. The van der Waals surface area contributed by atoms with Crippen molar-refractivity contribution in [3.05, 3.63) is 83.1 Å². The Morgan fingerprint density at radius 3 is 2.31 bits per heavy atom. The van der Waals surface area contributed by atoms with E-state index in [2.05, 4.69) is 49.2 Å². The van der Waals surface area contributed by atoms with Crippen LogP contribution in [0.15, 0.2) is 88.2 Å². The average Bonchev–Trinajstić information content (AvgIpc) is 2.86. The monoisotopic (exact) mass is 498 g/mol. The molecule has 0 aliphatic heterocycles. The largest absolute Gasteiger partial charge is 0.491 e. The molecule has 0 aromatic carbocycles. The highest BCUT2D eigenvalue weighted by molar-refractivity contribution is 6.00. The summed E-state index contributed by atoms with van der Waals surface area (Å²) in [6.45, 7) is 20.2. The normalized spacial score (nSPS) is 15.5. The fourth-order valence-electron chi connectivity index (χ4n) is 3.67. The summed E-state index contributed by atoms with van der Waals surface area (Å²) >= 11 is 0. The lowest BCUT2D eigenvalue weighted by molar-refractivity contribution is 0.132. The summed E-state index contributed by atoms with van der Waals surface area (Å²) < 4.78 is 20.9. The lowest BCUT2D eigenvalue weighted by Crippen LogP contribution is -2.15. The molecule has 0 spiro atoms. The summed E-state index contributed by atoms with van der Waals surface area (Å²) in [7, 11) is 0. The Balaban J connectivity index is 5.21. The van der Waals surface area contributed by atoms with Crippen LogP contribution < -0.4 is 5.43 Å². The number of rotatable bonds is 18. The third kappa shape index (κ3) is 14.1. The van der Waals surface area contributed by atoms with Crippen molar-refractivity contribution in [1.29, 1.82) is 0 Å². The zero-order chi connectivity index (χ0) is 27.3. The molecular formula is C32H51FN2O. The summed E-state index contributed by atoms with van der Waals surface area (Å²) in [5, 5.41) is 4.60. The molecule has 0 saturated carbocycles. The lowest BCUT2D eigenvalue weighted by Gasteiger charge is -2.22. The SMILES string of the molecule is C=C(CCC/C(=C\CCC)N/N=C(C)/C(/C=C\C)=C/C)OC(CCC)C(/C=C(F)\C(C)=C/CC)=C/C. The second-order valence-electron chi connectivity index (χ2n) is 8.93. The van der Waals surface area contributed by atoms with Crippen molar-refractivity contribution in [1.82, 2.24) is 5.43 Å². The maximum atomic E-state index is 14.6. The standard InChI is InChI=1S/C32H51FN2O/c1-10-16-22-30(35-34-27(9)28(14-5)19-12-3)23-17-21-26(8)36-32(20-13-4)29(15-6)24-31(33)25(7)18-11-2/h12,14-15,18-19,22,24,32,35H,8,10-11,13,16-17,20-21,23H2,1-7,9H3/b19-12-,25-18-,28-14+,29-15+,30-22+,31-24+,34-27+. The van der Waals surface area contributed by atoms with Gasteiger partial charge < -0.3 is 4.74 Å². The van der Waals surface area contributed by atoms with E-state index >= 15 is 0 Å². The van der Waals surface area contributed by atoms with Crippen LogP contribution in [0.5, 0.6) is 0 Å². The highest BCUT2D eigenvalue weighted by Gasteiger charge is 2.15. The highest BCUT2D eigenvalue weighted by Crippen LogP contribution is 2.24. The van der Waals surface area contributed by atoms with Crippen molar-refractivity contribution < 1.29 is 9.13 Å². The number of ether oxygens (including phenoxy) is 1. The van der Waals surface area contributed by atoms with Crippen LogP contribution >= 0.6 is 0 Å². The van der Waals surface area contributed by atoms with Gasteiger partial charge in [0.15, 0.2) is 0 Å². The summed E-state index contributed by atoms with van der Waals surface area (Å²) in [5.41, 5.74) is 7.96. The van der Waals surface area contributed by atoms with Crippen LogP contribution in [0.3, 0.4) is 0 Å². The van der Waals surface area contributed by atoms with E-state index in [9.17, 15) is 4.39 Å². The number of nitrogens with one attached hydrogen (secondary N) is 1. The van der Waals surface area contributed by atoms with E-state index in [4.69, 9.17) is 4.74 Å². The second kappa shape index (κ2) is 20.6. The molecule has 0 aliphatic rings. The Morgan fingerprint density at radius 1 is 1.03 bits per heavy atom. The molecule has 0 rings (SSSR count). The van der Waals surface area contributed by atoms with Crippen molar-refractivity contribution in [2.45, 2.75) is 113 Å². The minimum Gasteiger partial charge on any atom is -0.491 e. The smallest absolute Gasteiger partial charge is 0.126 e. The fraction of sp³-hybridized carbons (Fsp3) is 0.531. The van der Waals surface area contributed by atoms with Crippen molar-refractivity contribution in [3.8, 4) is 0 Å². The maximum absolute atomic E-state index is 14.6. The Hall–Kier alpha value is -2.62. The van der Waals surface area contributed by atoms with Gasteiger partial charge >= 0.3 is 0 Å². The first-order chi connectivity index (χ1) is 17.3. The molecule has 0 amide bonds. The van der Waals surface area contributed by atoms with Gasteiger partial charge in [-0.2, -0.15) is 5.10 Å². The molecule has 1 atom stereocenters. The van der Waals surface area contributed by atoms with E-state index < -0.39 is 0 Å². The molecule has 1 unspecified atom stereocenters. The molecule has 36 heavy (non-hydrogen) atoms. The third-order valence-electron chi connectivity index (χ3n) is 5.77. The minimum atomic E-state index is -0.205. The van der Waals surface area contributed by atoms with E-state index in [-0.39, 0.29) is 11.9 Å². The predicted molar refractivity (Wildman–Crippen MR) is 158 cm³/mol. The second-order valence-corrected chi connectivity index (χ2v) is 8.93. The molecule has 0 radical (unpaired) electrons. The molecule has 0 fully saturated rings. The molecule has 0 heterocycles. The quantitative estimate of drug-likeness (QED) is 0.0882. The zero-order valence-corrected chi connectivity index (χ0v) is 24.2. The van der Waals surface area contributed by atoms with Gasteiger partial charge in [0.05, 0.1) is 11.5 Å². The average molecular weight is 499 g/mol. The van der Waals surface area contributed by atoms with Gasteiger partial charge in [-0.3, -0.25) is 5.43 Å². The Labute approximate surface area is 221 Å². The van der Waals surface area contributed by atoms with Gasteiger partial charge in [0.25, 0.3) is 0 Å². The van der Waals surface area contributed by atoms with Crippen molar-refractivity contribution >= 4 is 5.71 Å². The zero-order valence-electron chi connectivity index (χ0n) is 24.2. The molecule has 202 valence electrons. The molecule has 0 aliphatic carbocycles.